The van der Waals surface area contributed by atoms with E-state index in [1.807, 2.05) is 10.7 Å². The number of hydrogen-bond donors (Lipinski definition) is 0. The molecule has 0 radical (unpaired) electrons. The van der Waals surface area contributed by atoms with Crippen LogP contribution in [0.4, 0.5) is 5.69 Å². The molecule has 2 aliphatic heterocycles. The normalized spacial score (nSPS) is 23.7. The summed E-state index contributed by atoms with van der Waals surface area (Å²) in [7, 11) is 0. The van der Waals surface area contributed by atoms with Crippen molar-refractivity contribution in [1.29, 1.82) is 0 Å². The Bertz CT molecular complexity index is 1230. The molecule has 2 saturated heterocycles. The van der Waals surface area contributed by atoms with Crippen molar-refractivity contribution < 1.29 is 4.79 Å². The van der Waals surface area contributed by atoms with Gasteiger partial charge >= 0.3 is 0 Å². The summed E-state index contributed by atoms with van der Waals surface area (Å²) in [5, 5.41) is 4.61. The minimum absolute atomic E-state index is 0.309. The van der Waals surface area contributed by atoms with Gasteiger partial charge in [-0.2, -0.15) is 5.10 Å². The third-order valence-corrected chi connectivity index (χ3v) is 9.10. The van der Waals surface area contributed by atoms with E-state index in [1.54, 1.807) is 0 Å². The van der Waals surface area contributed by atoms with Crippen LogP contribution in [0.1, 0.15) is 56.4 Å². The topological polar surface area (TPSA) is 44.1 Å². The van der Waals surface area contributed by atoms with Crippen molar-refractivity contribution in [3.8, 4) is 11.1 Å². The maximum Gasteiger partial charge on any atom is 0.225 e. The van der Waals surface area contributed by atoms with E-state index in [4.69, 9.17) is 0 Å². The van der Waals surface area contributed by atoms with Gasteiger partial charge < -0.3 is 9.80 Å². The first-order chi connectivity index (χ1) is 17.7. The Kier molecular flexibility index (Phi) is 5.72. The van der Waals surface area contributed by atoms with Gasteiger partial charge in [0, 0.05) is 62.6 Å². The van der Waals surface area contributed by atoms with E-state index in [0.29, 0.717) is 17.7 Å². The highest BCUT2D eigenvalue weighted by molar-refractivity contribution is 5.82. The van der Waals surface area contributed by atoms with Gasteiger partial charge in [-0.1, -0.05) is 30.7 Å². The quantitative estimate of drug-likeness (QED) is 0.523. The molecule has 0 spiro atoms. The van der Waals surface area contributed by atoms with Gasteiger partial charge in [-0.25, -0.2) is 4.52 Å². The molecule has 6 nitrogen and oxygen atoms in total. The summed E-state index contributed by atoms with van der Waals surface area (Å²) in [4.78, 5) is 19.7. The molecule has 4 heterocycles. The van der Waals surface area contributed by atoms with Crippen molar-refractivity contribution in [1.82, 2.24) is 19.4 Å². The molecule has 0 unspecified atom stereocenters. The molecule has 36 heavy (non-hydrogen) atoms. The van der Waals surface area contributed by atoms with Gasteiger partial charge in [0.25, 0.3) is 0 Å². The van der Waals surface area contributed by atoms with Crippen LogP contribution in [0, 0.1) is 5.92 Å². The average molecular weight is 484 g/mol. The lowest BCUT2D eigenvalue weighted by Gasteiger charge is -2.42. The monoisotopic (exact) mass is 483 g/mol. The van der Waals surface area contributed by atoms with Gasteiger partial charge in [0.2, 0.25) is 5.91 Å². The molecule has 4 aliphatic rings. The number of amides is 1. The third kappa shape index (κ3) is 4.19. The van der Waals surface area contributed by atoms with Crippen molar-refractivity contribution in [2.45, 2.75) is 56.9 Å². The maximum absolute atomic E-state index is 12.5. The standard InChI is InChI=1S/C30H37N5O/c36-30(24-10-11-24)33-17-15-32(16-18-33)28-12-13-31-35-21-26(19-29(28)35)23-8-6-22(7-9-23)25-3-2-14-34(20-25)27-4-1-5-27/h6-9,12-13,19,21,24-25,27H,1-5,10-11,14-18,20H2/t25-/m1/s1. The van der Waals surface area contributed by atoms with E-state index < -0.39 is 0 Å². The highest BCUT2D eigenvalue weighted by Gasteiger charge is 2.35. The van der Waals surface area contributed by atoms with E-state index in [-0.39, 0.29) is 0 Å². The lowest BCUT2D eigenvalue weighted by molar-refractivity contribution is -0.132. The summed E-state index contributed by atoms with van der Waals surface area (Å²) in [5.41, 5.74) is 6.31. The van der Waals surface area contributed by atoms with Crippen molar-refractivity contribution >= 4 is 17.1 Å². The minimum atomic E-state index is 0.309. The lowest BCUT2D eigenvalue weighted by Crippen LogP contribution is -2.49. The zero-order valence-corrected chi connectivity index (χ0v) is 21.2. The molecular weight excluding hydrogens is 446 g/mol. The highest BCUT2D eigenvalue weighted by Crippen LogP contribution is 2.35. The second kappa shape index (κ2) is 9.22. The number of aromatic nitrogens is 2. The predicted octanol–water partition coefficient (Wildman–Crippen LogP) is 4.79. The molecule has 0 N–H and O–H groups in total. The van der Waals surface area contributed by atoms with Crippen LogP contribution in [-0.4, -0.2) is 70.6 Å². The summed E-state index contributed by atoms with van der Waals surface area (Å²) in [6, 6.07) is 14.6. The minimum Gasteiger partial charge on any atom is -0.366 e. The molecule has 1 aromatic carbocycles. The average Bonchev–Trinajstić information content (AvgIpc) is 3.65. The largest absolute Gasteiger partial charge is 0.366 e. The van der Waals surface area contributed by atoms with Crippen LogP contribution in [-0.2, 0) is 4.79 Å². The lowest BCUT2D eigenvalue weighted by atomic mass is 9.85. The Balaban J connectivity index is 1.07. The Hall–Kier alpha value is -2.86. The number of hydrogen-bond acceptors (Lipinski definition) is 4. The number of piperazine rings is 1. The molecular formula is C30H37N5O. The van der Waals surface area contributed by atoms with Gasteiger partial charge in [0.15, 0.2) is 0 Å². The number of piperidine rings is 1. The first-order valence-electron chi connectivity index (χ1n) is 14.1. The van der Waals surface area contributed by atoms with E-state index in [2.05, 4.69) is 62.4 Å². The fourth-order valence-corrected chi connectivity index (χ4v) is 6.49. The maximum atomic E-state index is 12.5. The molecule has 6 heteroatoms. The van der Waals surface area contributed by atoms with Crippen molar-refractivity contribution in [2.75, 3.05) is 44.2 Å². The number of anilines is 1. The van der Waals surface area contributed by atoms with Crippen LogP contribution in [0.3, 0.4) is 0 Å². The molecule has 2 aliphatic carbocycles. The fourth-order valence-electron chi connectivity index (χ4n) is 6.49. The molecule has 7 rings (SSSR count). The number of carbonyl (C=O) groups is 1. The molecule has 4 fully saturated rings. The smallest absolute Gasteiger partial charge is 0.225 e. The first-order valence-corrected chi connectivity index (χ1v) is 14.1. The zero-order chi connectivity index (χ0) is 24.1. The van der Waals surface area contributed by atoms with Gasteiger partial charge in [-0.15, -0.1) is 0 Å². The number of likely N-dealkylation sites (tertiary alicyclic amines) is 1. The van der Waals surface area contributed by atoms with E-state index in [9.17, 15) is 4.79 Å². The molecule has 3 aromatic rings. The van der Waals surface area contributed by atoms with Crippen molar-refractivity contribution in [3.05, 3.63) is 54.4 Å². The summed E-state index contributed by atoms with van der Waals surface area (Å²) in [5.74, 6) is 1.34. The van der Waals surface area contributed by atoms with Gasteiger partial charge in [-0.3, -0.25) is 9.69 Å². The Labute approximate surface area is 213 Å². The summed E-state index contributed by atoms with van der Waals surface area (Å²) >= 11 is 0. The highest BCUT2D eigenvalue weighted by atomic mass is 16.2. The Morgan fingerprint density at radius 1 is 0.833 bits per heavy atom. The van der Waals surface area contributed by atoms with E-state index in [0.717, 1.165) is 50.6 Å². The molecule has 2 aromatic heterocycles. The van der Waals surface area contributed by atoms with E-state index >= 15 is 0 Å². The van der Waals surface area contributed by atoms with Crippen LogP contribution < -0.4 is 4.90 Å². The SMILES string of the molecule is O=C(C1CC1)N1CCN(c2ccnn3cc(-c4ccc([C@@H]5CCCN(C6CCC6)C5)cc4)cc23)CC1. The van der Waals surface area contributed by atoms with Crippen LogP contribution in [0.15, 0.2) is 48.8 Å². The van der Waals surface area contributed by atoms with Crippen LogP contribution in [0.5, 0.6) is 0 Å². The van der Waals surface area contributed by atoms with Gasteiger partial charge in [0.05, 0.1) is 11.2 Å². The summed E-state index contributed by atoms with van der Waals surface area (Å²) in [6.07, 6.45) is 13.1. The van der Waals surface area contributed by atoms with Gasteiger partial charge in [0.1, 0.15) is 0 Å². The Morgan fingerprint density at radius 3 is 2.36 bits per heavy atom. The second-order valence-electron chi connectivity index (χ2n) is 11.4. The van der Waals surface area contributed by atoms with Crippen molar-refractivity contribution in [2.24, 2.45) is 5.92 Å². The van der Waals surface area contributed by atoms with E-state index in [1.165, 1.54) is 67.6 Å². The summed E-state index contributed by atoms with van der Waals surface area (Å²) in [6.45, 7) is 5.92. The molecule has 1 amide bonds. The molecule has 1 atom stereocenters. The van der Waals surface area contributed by atoms with Crippen LogP contribution in [0.25, 0.3) is 16.6 Å². The fraction of sp³-hybridized carbons (Fsp3) is 0.533. The van der Waals surface area contributed by atoms with Crippen LogP contribution in [0.2, 0.25) is 0 Å². The zero-order valence-electron chi connectivity index (χ0n) is 21.2. The number of benzene rings is 1. The number of rotatable bonds is 5. The Morgan fingerprint density at radius 2 is 1.64 bits per heavy atom. The number of nitrogens with zero attached hydrogens (tertiary/aromatic N) is 5. The van der Waals surface area contributed by atoms with Gasteiger partial charge in [-0.05, 0) is 74.2 Å². The predicted molar refractivity (Wildman–Crippen MR) is 143 cm³/mol. The second-order valence-corrected chi connectivity index (χ2v) is 11.4. The number of fused-ring (bicyclic) bond motifs is 1. The number of carbonyl (C=O) groups excluding carboxylic acids is 1. The molecule has 188 valence electrons. The van der Waals surface area contributed by atoms with Crippen molar-refractivity contribution in [3.63, 3.8) is 0 Å². The molecule has 2 saturated carbocycles. The molecule has 0 bridgehead atoms. The first kappa shape index (κ1) is 22.3. The summed E-state index contributed by atoms with van der Waals surface area (Å²) < 4.78 is 2.01. The third-order valence-electron chi connectivity index (χ3n) is 9.10. The van der Waals surface area contributed by atoms with Crippen LogP contribution >= 0.6 is 0 Å².